The van der Waals surface area contributed by atoms with Crippen LogP contribution in [0.1, 0.15) is 6.42 Å². The van der Waals surface area contributed by atoms with Gasteiger partial charge in [0, 0.05) is 12.6 Å². The average molecular weight is 215 g/mol. The average Bonchev–Trinajstić information content (AvgIpc) is 2.47. The van der Waals surface area contributed by atoms with E-state index in [4.69, 9.17) is 5.11 Å². The summed E-state index contributed by atoms with van der Waals surface area (Å²) < 4.78 is 0. The minimum atomic E-state index is -0.831. The van der Waals surface area contributed by atoms with Crippen LogP contribution in [0, 0.1) is 0 Å². The number of rotatable bonds is 4. The van der Waals surface area contributed by atoms with Gasteiger partial charge >= 0.3 is 5.97 Å². The number of carboxylic acids is 1. The molecule has 1 saturated heterocycles. The Kier molecular flexibility index (Phi) is 4.05. The smallest absolute Gasteiger partial charge is 0.320 e. The van der Waals surface area contributed by atoms with Crippen molar-refractivity contribution >= 4 is 11.9 Å². The third-order valence-corrected chi connectivity index (χ3v) is 2.54. The van der Waals surface area contributed by atoms with E-state index in [1.807, 2.05) is 0 Å². The molecule has 15 heavy (non-hydrogen) atoms. The molecular weight excluding hydrogens is 198 g/mol. The highest BCUT2D eigenvalue weighted by Crippen LogP contribution is 2.15. The van der Waals surface area contributed by atoms with Crippen LogP contribution in [-0.4, -0.2) is 61.2 Å². The molecule has 0 bridgehead atoms. The lowest BCUT2D eigenvalue weighted by Crippen LogP contribution is -2.40. The fraction of sp³-hybridized carbons (Fsp3) is 0.778. The largest absolute Gasteiger partial charge is 0.480 e. The van der Waals surface area contributed by atoms with Gasteiger partial charge in [-0.15, -0.1) is 0 Å². The first-order chi connectivity index (χ1) is 7.04. The van der Waals surface area contributed by atoms with Crippen molar-refractivity contribution in [2.24, 2.45) is 0 Å². The third kappa shape index (κ3) is 3.17. The summed E-state index contributed by atoms with van der Waals surface area (Å²) in [5.41, 5.74) is 0. The van der Waals surface area contributed by atoms with Crippen LogP contribution < -0.4 is 10.6 Å². The van der Waals surface area contributed by atoms with Gasteiger partial charge in [-0.2, -0.15) is 0 Å². The Morgan fingerprint density at radius 3 is 2.67 bits per heavy atom. The van der Waals surface area contributed by atoms with Crippen LogP contribution in [0.25, 0.3) is 0 Å². The number of carboxylic acid groups (broad SMARTS) is 1. The van der Waals surface area contributed by atoms with E-state index in [1.54, 1.807) is 19.0 Å². The van der Waals surface area contributed by atoms with Crippen molar-refractivity contribution in [3.05, 3.63) is 0 Å². The SMILES string of the molecule is CNCC(=O)NC1CC(C(=O)O)N(C)C1. The molecule has 1 rings (SSSR count). The molecule has 0 aromatic heterocycles. The maximum atomic E-state index is 11.2. The molecule has 0 saturated carbocycles. The first kappa shape index (κ1) is 11.9. The number of likely N-dealkylation sites (N-methyl/N-ethyl adjacent to an activating group) is 2. The normalized spacial score (nSPS) is 26.5. The number of amides is 1. The number of carbonyl (C=O) groups is 2. The molecule has 0 aromatic rings. The van der Waals surface area contributed by atoms with Gasteiger partial charge < -0.3 is 15.7 Å². The second kappa shape index (κ2) is 5.09. The maximum Gasteiger partial charge on any atom is 0.320 e. The number of hydrogen-bond acceptors (Lipinski definition) is 4. The zero-order chi connectivity index (χ0) is 11.4. The Balaban J connectivity index is 2.41. The lowest BCUT2D eigenvalue weighted by atomic mass is 10.2. The minimum absolute atomic E-state index is 0.0584. The van der Waals surface area contributed by atoms with E-state index in [0.29, 0.717) is 13.0 Å². The molecular formula is C9H17N3O3. The number of nitrogens with one attached hydrogen (secondary N) is 2. The molecule has 1 aliphatic rings. The topological polar surface area (TPSA) is 81.7 Å². The zero-order valence-corrected chi connectivity index (χ0v) is 8.99. The Morgan fingerprint density at radius 1 is 1.53 bits per heavy atom. The van der Waals surface area contributed by atoms with E-state index >= 15 is 0 Å². The molecule has 86 valence electrons. The molecule has 0 aliphatic carbocycles. The third-order valence-electron chi connectivity index (χ3n) is 2.54. The Bertz CT molecular complexity index is 257. The minimum Gasteiger partial charge on any atom is -0.480 e. The van der Waals surface area contributed by atoms with Gasteiger partial charge in [0.2, 0.25) is 5.91 Å². The van der Waals surface area contributed by atoms with Gasteiger partial charge in [0.05, 0.1) is 6.54 Å². The number of hydrogen-bond donors (Lipinski definition) is 3. The lowest BCUT2D eigenvalue weighted by Gasteiger charge is -2.13. The predicted octanol–water partition coefficient (Wildman–Crippen LogP) is -1.52. The molecule has 6 nitrogen and oxygen atoms in total. The molecule has 1 heterocycles. The van der Waals surface area contributed by atoms with E-state index in [2.05, 4.69) is 10.6 Å². The quantitative estimate of drug-likeness (QED) is 0.530. The summed E-state index contributed by atoms with van der Waals surface area (Å²) >= 11 is 0. The van der Waals surface area contributed by atoms with Crippen LogP contribution >= 0.6 is 0 Å². The molecule has 1 aliphatic heterocycles. The standard InChI is InChI=1S/C9H17N3O3/c1-10-4-8(13)11-6-3-7(9(14)15)12(2)5-6/h6-7,10H,3-5H2,1-2H3,(H,11,13)(H,14,15). The van der Waals surface area contributed by atoms with Crippen LogP contribution in [0.2, 0.25) is 0 Å². The molecule has 2 atom stereocenters. The van der Waals surface area contributed by atoms with Gasteiger partial charge in [-0.3, -0.25) is 14.5 Å². The number of likely N-dealkylation sites (tertiary alicyclic amines) is 1. The van der Waals surface area contributed by atoms with E-state index in [-0.39, 0.29) is 18.5 Å². The lowest BCUT2D eigenvalue weighted by molar-refractivity contribution is -0.141. The second-order valence-electron chi connectivity index (χ2n) is 3.82. The van der Waals surface area contributed by atoms with Crippen LogP contribution in [0.3, 0.4) is 0 Å². The van der Waals surface area contributed by atoms with E-state index in [1.165, 1.54) is 0 Å². The molecule has 2 unspecified atom stereocenters. The van der Waals surface area contributed by atoms with Gasteiger partial charge in [-0.05, 0) is 20.5 Å². The highest BCUT2D eigenvalue weighted by atomic mass is 16.4. The summed E-state index contributed by atoms with van der Waals surface area (Å²) in [6, 6.07) is -0.540. The molecule has 0 aromatic carbocycles. The summed E-state index contributed by atoms with van der Waals surface area (Å²) in [6.07, 6.45) is 0.473. The van der Waals surface area contributed by atoms with Gasteiger partial charge in [0.1, 0.15) is 6.04 Å². The molecule has 0 radical (unpaired) electrons. The Labute approximate surface area is 88.6 Å². The molecule has 1 amide bonds. The molecule has 0 spiro atoms. The van der Waals surface area contributed by atoms with Crippen LogP contribution in [-0.2, 0) is 9.59 Å². The Hall–Kier alpha value is -1.14. The highest BCUT2D eigenvalue weighted by molar-refractivity contribution is 5.79. The molecule has 1 fully saturated rings. The van der Waals surface area contributed by atoms with E-state index < -0.39 is 12.0 Å². The summed E-state index contributed by atoms with van der Waals surface area (Å²) in [5, 5.41) is 14.4. The van der Waals surface area contributed by atoms with Crippen LogP contribution in [0.5, 0.6) is 0 Å². The summed E-state index contributed by atoms with van der Waals surface area (Å²) in [5.74, 6) is -0.926. The van der Waals surface area contributed by atoms with Crippen molar-refractivity contribution in [2.45, 2.75) is 18.5 Å². The summed E-state index contributed by atoms with van der Waals surface area (Å²) in [4.78, 5) is 23.8. The van der Waals surface area contributed by atoms with Crippen LogP contribution in [0.4, 0.5) is 0 Å². The molecule has 3 N–H and O–H groups in total. The van der Waals surface area contributed by atoms with Crippen molar-refractivity contribution in [1.82, 2.24) is 15.5 Å². The number of nitrogens with zero attached hydrogens (tertiary/aromatic N) is 1. The fourth-order valence-corrected chi connectivity index (χ4v) is 1.83. The van der Waals surface area contributed by atoms with Gasteiger partial charge in [-0.1, -0.05) is 0 Å². The fourth-order valence-electron chi connectivity index (χ4n) is 1.83. The van der Waals surface area contributed by atoms with Crippen molar-refractivity contribution in [2.75, 3.05) is 27.2 Å². The maximum absolute atomic E-state index is 11.2. The van der Waals surface area contributed by atoms with E-state index in [9.17, 15) is 9.59 Å². The monoisotopic (exact) mass is 215 g/mol. The van der Waals surface area contributed by atoms with Gasteiger partial charge in [0.25, 0.3) is 0 Å². The van der Waals surface area contributed by atoms with Crippen LogP contribution in [0.15, 0.2) is 0 Å². The second-order valence-corrected chi connectivity index (χ2v) is 3.82. The number of carbonyl (C=O) groups excluding carboxylic acids is 1. The molecule has 6 heteroatoms. The van der Waals surface area contributed by atoms with Gasteiger partial charge in [0.15, 0.2) is 0 Å². The van der Waals surface area contributed by atoms with Gasteiger partial charge in [-0.25, -0.2) is 0 Å². The summed E-state index contributed by atoms with van der Waals surface area (Å²) in [7, 11) is 3.45. The van der Waals surface area contributed by atoms with Crippen molar-refractivity contribution in [1.29, 1.82) is 0 Å². The summed E-state index contributed by atoms with van der Waals surface area (Å²) in [6.45, 7) is 0.852. The van der Waals surface area contributed by atoms with Crippen molar-refractivity contribution < 1.29 is 14.7 Å². The number of aliphatic carboxylic acids is 1. The van der Waals surface area contributed by atoms with E-state index in [0.717, 1.165) is 0 Å². The van der Waals surface area contributed by atoms with Crippen molar-refractivity contribution in [3.8, 4) is 0 Å². The Morgan fingerprint density at radius 2 is 2.20 bits per heavy atom. The first-order valence-electron chi connectivity index (χ1n) is 4.91. The zero-order valence-electron chi connectivity index (χ0n) is 8.99. The highest BCUT2D eigenvalue weighted by Gasteiger charge is 2.34. The first-order valence-corrected chi connectivity index (χ1v) is 4.91. The van der Waals surface area contributed by atoms with Crippen molar-refractivity contribution in [3.63, 3.8) is 0 Å². The predicted molar refractivity (Wildman–Crippen MR) is 54.5 cm³/mol.